The average molecular weight is 197 g/mol. The normalized spacial score (nSPS) is 10.2. The van der Waals surface area contributed by atoms with Crippen LogP contribution in [-0.2, 0) is 0 Å². The Morgan fingerprint density at radius 3 is 3.00 bits per heavy atom. The van der Waals surface area contributed by atoms with Gasteiger partial charge in [0, 0.05) is 13.0 Å². The summed E-state index contributed by atoms with van der Waals surface area (Å²) in [6, 6.07) is 3.80. The van der Waals surface area contributed by atoms with E-state index < -0.39 is 0 Å². The molecule has 1 heterocycles. The summed E-state index contributed by atoms with van der Waals surface area (Å²) in [5, 5.41) is 5.15. The highest BCUT2D eigenvalue weighted by molar-refractivity contribution is 7.12. The smallest absolute Gasteiger partial charge is 0.174 e. The molecule has 2 nitrogen and oxygen atoms in total. The summed E-state index contributed by atoms with van der Waals surface area (Å²) in [4.78, 5) is 12.3. The van der Waals surface area contributed by atoms with E-state index >= 15 is 0 Å². The quantitative estimate of drug-likeness (QED) is 0.560. The molecule has 0 radical (unpaired) electrons. The number of rotatable bonds is 6. The van der Waals surface area contributed by atoms with Crippen molar-refractivity contribution in [2.75, 3.05) is 13.1 Å². The molecule has 0 bridgehead atoms. The average Bonchev–Trinajstić information content (AvgIpc) is 2.65. The van der Waals surface area contributed by atoms with Crippen molar-refractivity contribution < 1.29 is 4.79 Å². The van der Waals surface area contributed by atoms with Crippen LogP contribution in [0.4, 0.5) is 0 Å². The third kappa shape index (κ3) is 3.70. The number of hydrogen-bond acceptors (Lipinski definition) is 3. The SMILES string of the molecule is CCCNCCC(=O)c1cccs1. The fourth-order valence-electron chi connectivity index (χ4n) is 1.06. The molecular formula is C10H15NOS. The van der Waals surface area contributed by atoms with Crippen LogP contribution < -0.4 is 5.32 Å². The lowest BCUT2D eigenvalue weighted by Gasteiger charge is -2.00. The van der Waals surface area contributed by atoms with Crippen LogP contribution in [0.3, 0.4) is 0 Å². The van der Waals surface area contributed by atoms with Crippen LogP contribution in [0.25, 0.3) is 0 Å². The van der Waals surface area contributed by atoms with Crippen molar-refractivity contribution in [2.24, 2.45) is 0 Å². The van der Waals surface area contributed by atoms with Gasteiger partial charge >= 0.3 is 0 Å². The Balaban J connectivity index is 2.19. The Hall–Kier alpha value is -0.670. The number of thiophene rings is 1. The highest BCUT2D eigenvalue weighted by Crippen LogP contribution is 2.10. The van der Waals surface area contributed by atoms with Gasteiger partial charge in [0.25, 0.3) is 0 Å². The Morgan fingerprint density at radius 2 is 2.38 bits per heavy atom. The minimum atomic E-state index is 0.249. The van der Waals surface area contributed by atoms with E-state index in [2.05, 4.69) is 12.2 Å². The van der Waals surface area contributed by atoms with Gasteiger partial charge in [0.15, 0.2) is 5.78 Å². The molecule has 3 heteroatoms. The molecule has 72 valence electrons. The number of ketones is 1. The third-order valence-corrected chi connectivity index (χ3v) is 2.66. The third-order valence-electron chi connectivity index (χ3n) is 1.75. The summed E-state index contributed by atoms with van der Waals surface area (Å²) in [6.07, 6.45) is 1.73. The summed E-state index contributed by atoms with van der Waals surface area (Å²) in [5.41, 5.74) is 0. The van der Waals surface area contributed by atoms with Crippen LogP contribution in [0.5, 0.6) is 0 Å². The minimum Gasteiger partial charge on any atom is -0.316 e. The fraction of sp³-hybridized carbons (Fsp3) is 0.500. The molecule has 0 aromatic carbocycles. The molecule has 0 fully saturated rings. The lowest BCUT2D eigenvalue weighted by molar-refractivity contribution is 0.0986. The van der Waals surface area contributed by atoms with Gasteiger partial charge in [-0.15, -0.1) is 11.3 Å². The van der Waals surface area contributed by atoms with Gasteiger partial charge in [0.1, 0.15) is 0 Å². The van der Waals surface area contributed by atoms with E-state index in [1.165, 1.54) is 11.3 Å². The zero-order chi connectivity index (χ0) is 9.52. The number of nitrogens with one attached hydrogen (secondary N) is 1. The molecule has 1 rings (SSSR count). The molecule has 0 spiro atoms. The molecule has 0 saturated carbocycles. The molecule has 0 aliphatic rings. The van der Waals surface area contributed by atoms with Gasteiger partial charge in [-0.2, -0.15) is 0 Å². The monoisotopic (exact) mass is 197 g/mol. The van der Waals surface area contributed by atoms with E-state index in [9.17, 15) is 4.79 Å². The molecule has 13 heavy (non-hydrogen) atoms. The van der Waals surface area contributed by atoms with Crippen molar-refractivity contribution in [1.29, 1.82) is 0 Å². The molecule has 0 atom stereocenters. The van der Waals surface area contributed by atoms with E-state index in [0.29, 0.717) is 6.42 Å². The van der Waals surface area contributed by atoms with Crippen molar-refractivity contribution in [1.82, 2.24) is 5.32 Å². The highest BCUT2D eigenvalue weighted by Gasteiger charge is 2.04. The summed E-state index contributed by atoms with van der Waals surface area (Å²) >= 11 is 1.52. The summed E-state index contributed by atoms with van der Waals surface area (Å²) in [7, 11) is 0. The molecule has 0 unspecified atom stereocenters. The van der Waals surface area contributed by atoms with E-state index in [-0.39, 0.29) is 5.78 Å². The number of Topliss-reactive ketones (excluding diaryl/α,β-unsaturated/α-hetero) is 1. The second-order valence-electron chi connectivity index (χ2n) is 2.90. The van der Waals surface area contributed by atoms with Crippen LogP contribution in [0.2, 0.25) is 0 Å². The van der Waals surface area contributed by atoms with Crippen molar-refractivity contribution in [3.05, 3.63) is 22.4 Å². The Labute approximate surface area is 83.0 Å². The van der Waals surface area contributed by atoms with Crippen LogP contribution >= 0.6 is 11.3 Å². The molecule has 0 amide bonds. The Kier molecular flexibility index (Phi) is 4.72. The molecular weight excluding hydrogens is 182 g/mol. The summed E-state index contributed by atoms with van der Waals surface area (Å²) in [5.74, 6) is 0.249. The molecule has 1 aromatic heterocycles. The fourth-order valence-corrected chi connectivity index (χ4v) is 1.76. The van der Waals surface area contributed by atoms with Crippen molar-refractivity contribution in [3.8, 4) is 0 Å². The lowest BCUT2D eigenvalue weighted by Crippen LogP contribution is -2.18. The van der Waals surface area contributed by atoms with Gasteiger partial charge in [-0.3, -0.25) is 4.79 Å². The van der Waals surface area contributed by atoms with Gasteiger partial charge in [-0.25, -0.2) is 0 Å². The van der Waals surface area contributed by atoms with Crippen LogP contribution in [-0.4, -0.2) is 18.9 Å². The number of carbonyl (C=O) groups is 1. The largest absolute Gasteiger partial charge is 0.316 e. The van der Waals surface area contributed by atoms with Gasteiger partial charge in [-0.1, -0.05) is 13.0 Å². The predicted octanol–water partition coefficient (Wildman–Crippen LogP) is 2.32. The number of carbonyl (C=O) groups excluding carboxylic acids is 1. The first-order chi connectivity index (χ1) is 6.34. The zero-order valence-electron chi connectivity index (χ0n) is 7.88. The topological polar surface area (TPSA) is 29.1 Å². The Morgan fingerprint density at radius 1 is 1.54 bits per heavy atom. The van der Waals surface area contributed by atoms with Crippen molar-refractivity contribution in [3.63, 3.8) is 0 Å². The maximum Gasteiger partial charge on any atom is 0.174 e. The van der Waals surface area contributed by atoms with E-state index in [4.69, 9.17) is 0 Å². The van der Waals surface area contributed by atoms with Crippen LogP contribution in [0, 0.1) is 0 Å². The van der Waals surface area contributed by atoms with E-state index in [1.807, 2.05) is 17.5 Å². The molecule has 1 aromatic rings. The van der Waals surface area contributed by atoms with Crippen LogP contribution in [0.1, 0.15) is 29.4 Å². The molecule has 1 N–H and O–H groups in total. The predicted molar refractivity (Wildman–Crippen MR) is 56.4 cm³/mol. The maximum atomic E-state index is 11.4. The molecule has 0 aliphatic heterocycles. The second-order valence-corrected chi connectivity index (χ2v) is 3.85. The minimum absolute atomic E-state index is 0.249. The van der Waals surface area contributed by atoms with Gasteiger partial charge < -0.3 is 5.32 Å². The zero-order valence-corrected chi connectivity index (χ0v) is 8.69. The standard InChI is InChI=1S/C10H15NOS/c1-2-6-11-7-5-9(12)10-4-3-8-13-10/h3-4,8,11H,2,5-7H2,1H3. The molecule has 0 aliphatic carbocycles. The van der Waals surface area contributed by atoms with Gasteiger partial charge in [0.2, 0.25) is 0 Å². The second kappa shape index (κ2) is 5.89. The summed E-state index contributed by atoms with van der Waals surface area (Å²) in [6.45, 7) is 3.91. The van der Waals surface area contributed by atoms with Crippen molar-refractivity contribution in [2.45, 2.75) is 19.8 Å². The van der Waals surface area contributed by atoms with Gasteiger partial charge in [-0.05, 0) is 24.4 Å². The first kappa shape index (κ1) is 10.4. The van der Waals surface area contributed by atoms with Crippen molar-refractivity contribution >= 4 is 17.1 Å². The van der Waals surface area contributed by atoms with E-state index in [0.717, 1.165) is 24.4 Å². The molecule has 0 saturated heterocycles. The first-order valence-corrected chi connectivity index (χ1v) is 5.50. The Bertz CT molecular complexity index is 243. The maximum absolute atomic E-state index is 11.4. The lowest BCUT2D eigenvalue weighted by atomic mass is 10.2. The first-order valence-electron chi connectivity index (χ1n) is 4.62. The van der Waals surface area contributed by atoms with E-state index in [1.54, 1.807) is 0 Å². The van der Waals surface area contributed by atoms with Crippen LogP contribution in [0.15, 0.2) is 17.5 Å². The summed E-state index contributed by atoms with van der Waals surface area (Å²) < 4.78 is 0. The van der Waals surface area contributed by atoms with Gasteiger partial charge in [0.05, 0.1) is 4.88 Å². The number of hydrogen-bond donors (Lipinski definition) is 1. The highest BCUT2D eigenvalue weighted by atomic mass is 32.1.